The maximum absolute atomic E-state index is 11.2. The van der Waals surface area contributed by atoms with E-state index in [9.17, 15) is 9.90 Å². The van der Waals surface area contributed by atoms with Crippen LogP contribution < -0.4 is 5.32 Å². The summed E-state index contributed by atoms with van der Waals surface area (Å²) in [6.45, 7) is 2.91. The Morgan fingerprint density at radius 1 is 1.30 bits per heavy atom. The summed E-state index contributed by atoms with van der Waals surface area (Å²) < 4.78 is 0. The third-order valence-electron chi connectivity index (χ3n) is 4.23. The molecule has 1 aromatic rings. The normalized spacial score (nSPS) is 16.1. The van der Waals surface area contributed by atoms with Gasteiger partial charge in [-0.15, -0.1) is 0 Å². The molecule has 2 N–H and O–H groups in total. The van der Waals surface area contributed by atoms with Gasteiger partial charge in [-0.1, -0.05) is 44.0 Å². The minimum Gasteiger partial charge on any atom is -0.481 e. The lowest BCUT2D eigenvalue weighted by molar-refractivity contribution is -0.142. The smallest absolute Gasteiger partial charge is 0.306 e. The molecule has 1 atom stereocenters. The zero-order valence-corrected chi connectivity index (χ0v) is 12.3. The van der Waals surface area contributed by atoms with Gasteiger partial charge in [0.25, 0.3) is 0 Å². The number of fused-ring (bicyclic) bond motifs is 1. The summed E-state index contributed by atoms with van der Waals surface area (Å²) in [7, 11) is 0. The van der Waals surface area contributed by atoms with Gasteiger partial charge in [-0.25, -0.2) is 0 Å². The molecule has 1 unspecified atom stereocenters. The Morgan fingerprint density at radius 2 is 1.95 bits per heavy atom. The maximum Gasteiger partial charge on any atom is 0.306 e. The van der Waals surface area contributed by atoms with Crippen molar-refractivity contribution < 1.29 is 9.90 Å². The van der Waals surface area contributed by atoms with Crippen LogP contribution in [-0.4, -0.2) is 23.7 Å². The first-order valence-corrected chi connectivity index (χ1v) is 7.73. The molecular formula is C17H25NO2. The lowest BCUT2D eigenvalue weighted by Crippen LogP contribution is -2.32. The van der Waals surface area contributed by atoms with Gasteiger partial charge < -0.3 is 10.4 Å². The number of nitrogens with one attached hydrogen (secondary N) is 1. The fraction of sp³-hybridized carbons (Fsp3) is 0.588. The third-order valence-corrected chi connectivity index (χ3v) is 4.23. The SMILES string of the molecule is CCCCC(CCNC1Cc2ccccc2C1)C(=O)O. The molecule has 0 saturated heterocycles. The summed E-state index contributed by atoms with van der Waals surface area (Å²) in [5.74, 6) is -0.832. The van der Waals surface area contributed by atoms with E-state index < -0.39 is 5.97 Å². The van der Waals surface area contributed by atoms with Gasteiger partial charge in [0.2, 0.25) is 0 Å². The highest BCUT2D eigenvalue weighted by Crippen LogP contribution is 2.22. The molecule has 2 rings (SSSR count). The number of benzene rings is 1. The number of hydrogen-bond acceptors (Lipinski definition) is 2. The molecule has 0 fully saturated rings. The van der Waals surface area contributed by atoms with E-state index in [0.29, 0.717) is 6.04 Å². The van der Waals surface area contributed by atoms with Crippen molar-refractivity contribution in [3.8, 4) is 0 Å². The third kappa shape index (κ3) is 4.07. The molecule has 1 aliphatic rings. The second-order valence-electron chi connectivity index (χ2n) is 5.79. The molecule has 0 aromatic heterocycles. The van der Waals surface area contributed by atoms with Crippen LogP contribution in [0.2, 0.25) is 0 Å². The van der Waals surface area contributed by atoms with E-state index in [1.165, 1.54) is 11.1 Å². The number of hydrogen-bond donors (Lipinski definition) is 2. The summed E-state index contributed by atoms with van der Waals surface area (Å²) in [5, 5.41) is 12.7. The molecule has 3 nitrogen and oxygen atoms in total. The molecule has 3 heteroatoms. The van der Waals surface area contributed by atoms with E-state index in [1.807, 2.05) is 0 Å². The van der Waals surface area contributed by atoms with Crippen LogP contribution >= 0.6 is 0 Å². The second kappa shape index (κ2) is 7.44. The number of rotatable bonds is 8. The van der Waals surface area contributed by atoms with E-state index >= 15 is 0 Å². The summed E-state index contributed by atoms with van der Waals surface area (Å²) in [4.78, 5) is 11.2. The molecule has 1 aromatic carbocycles. The fourth-order valence-electron chi connectivity index (χ4n) is 3.01. The molecule has 1 aliphatic carbocycles. The molecule has 0 aliphatic heterocycles. The molecule has 0 saturated carbocycles. The summed E-state index contributed by atoms with van der Waals surface area (Å²) in [6, 6.07) is 9.04. The maximum atomic E-state index is 11.2. The van der Waals surface area contributed by atoms with Gasteiger partial charge in [-0.05, 0) is 43.4 Å². The standard InChI is InChI=1S/C17H25NO2/c1-2-3-6-13(17(19)20)9-10-18-16-11-14-7-4-5-8-15(14)12-16/h4-5,7-8,13,16,18H,2-3,6,9-12H2,1H3,(H,19,20). The van der Waals surface area contributed by atoms with Crippen molar-refractivity contribution >= 4 is 5.97 Å². The Balaban J connectivity index is 1.72. The number of carboxylic acid groups (broad SMARTS) is 1. The van der Waals surface area contributed by atoms with Crippen LogP contribution in [0.1, 0.15) is 43.7 Å². The van der Waals surface area contributed by atoms with Gasteiger partial charge in [-0.2, -0.15) is 0 Å². The quantitative estimate of drug-likeness (QED) is 0.766. The lowest BCUT2D eigenvalue weighted by atomic mass is 9.98. The van der Waals surface area contributed by atoms with E-state index in [-0.39, 0.29) is 5.92 Å². The van der Waals surface area contributed by atoms with Crippen LogP contribution in [0.15, 0.2) is 24.3 Å². The minimum absolute atomic E-state index is 0.189. The monoisotopic (exact) mass is 275 g/mol. The molecule has 0 spiro atoms. The van der Waals surface area contributed by atoms with E-state index in [1.54, 1.807) is 0 Å². The Bertz CT molecular complexity index is 419. The first-order chi connectivity index (χ1) is 9.70. The van der Waals surface area contributed by atoms with Crippen LogP contribution in [0.25, 0.3) is 0 Å². The van der Waals surface area contributed by atoms with Crippen LogP contribution in [0.5, 0.6) is 0 Å². The Morgan fingerprint density at radius 3 is 2.50 bits per heavy atom. The van der Waals surface area contributed by atoms with Crippen molar-refractivity contribution in [3.63, 3.8) is 0 Å². The van der Waals surface area contributed by atoms with Crippen LogP contribution in [0.3, 0.4) is 0 Å². The van der Waals surface area contributed by atoms with Gasteiger partial charge in [0, 0.05) is 6.04 Å². The van der Waals surface area contributed by atoms with E-state index in [0.717, 1.165) is 45.1 Å². The molecular weight excluding hydrogens is 250 g/mol. The molecule has 0 radical (unpaired) electrons. The van der Waals surface area contributed by atoms with Gasteiger partial charge >= 0.3 is 5.97 Å². The minimum atomic E-state index is -0.644. The molecule has 0 amide bonds. The van der Waals surface area contributed by atoms with Crippen molar-refractivity contribution in [2.45, 2.75) is 51.5 Å². The van der Waals surface area contributed by atoms with Crippen molar-refractivity contribution in [1.82, 2.24) is 5.32 Å². The molecule has 0 heterocycles. The van der Waals surface area contributed by atoms with Crippen molar-refractivity contribution in [3.05, 3.63) is 35.4 Å². The molecule has 0 bridgehead atoms. The summed E-state index contributed by atoms with van der Waals surface area (Å²) in [6.07, 6.45) is 5.76. The molecule has 20 heavy (non-hydrogen) atoms. The summed E-state index contributed by atoms with van der Waals surface area (Å²) >= 11 is 0. The Labute approximate surface area is 121 Å². The Hall–Kier alpha value is -1.35. The predicted molar refractivity (Wildman–Crippen MR) is 80.9 cm³/mol. The zero-order chi connectivity index (χ0) is 14.4. The number of carboxylic acids is 1. The van der Waals surface area contributed by atoms with Crippen LogP contribution in [0.4, 0.5) is 0 Å². The second-order valence-corrected chi connectivity index (χ2v) is 5.79. The highest BCUT2D eigenvalue weighted by atomic mass is 16.4. The fourth-order valence-corrected chi connectivity index (χ4v) is 3.01. The number of unbranched alkanes of at least 4 members (excludes halogenated alkanes) is 1. The highest BCUT2D eigenvalue weighted by Gasteiger charge is 2.21. The highest BCUT2D eigenvalue weighted by molar-refractivity contribution is 5.69. The Kier molecular flexibility index (Phi) is 5.60. The van der Waals surface area contributed by atoms with Crippen LogP contribution in [-0.2, 0) is 17.6 Å². The van der Waals surface area contributed by atoms with Gasteiger partial charge in [0.15, 0.2) is 0 Å². The van der Waals surface area contributed by atoms with Crippen molar-refractivity contribution in [2.24, 2.45) is 5.92 Å². The first-order valence-electron chi connectivity index (χ1n) is 7.73. The zero-order valence-electron chi connectivity index (χ0n) is 12.3. The largest absolute Gasteiger partial charge is 0.481 e. The number of carbonyl (C=O) groups is 1. The summed E-state index contributed by atoms with van der Waals surface area (Å²) in [5.41, 5.74) is 2.87. The number of aliphatic carboxylic acids is 1. The van der Waals surface area contributed by atoms with Crippen LogP contribution in [0, 0.1) is 5.92 Å². The topological polar surface area (TPSA) is 49.3 Å². The average Bonchev–Trinajstić information content (AvgIpc) is 2.84. The van der Waals surface area contributed by atoms with Crippen molar-refractivity contribution in [2.75, 3.05) is 6.54 Å². The molecule has 110 valence electrons. The van der Waals surface area contributed by atoms with Crippen molar-refractivity contribution in [1.29, 1.82) is 0 Å². The predicted octanol–water partition coefficient (Wildman–Crippen LogP) is 3.02. The van der Waals surface area contributed by atoms with Gasteiger partial charge in [-0.3, -0.25) is 4.79 Å². The average molecular weight is 275 g/mol. The van der Waals surface area contributed by atoms with E-state index in [4.69, 9.17) is 0 Å². The first kappa shape index (κ1) is 15.0. The van der Waals surface area contributed by atoms with Gasteiger partial charge in [0.1, 0.15) is 0 Å². The van der Waals surface area contributed by atoms with E-state index in [2.05, 4.69) is 36.5 Å². The van der Waals surface area contributed by atoms with Gasteiger partial charge in [0.05, 0.1) is 5.92 Å². The lowest BCUT2D eigenvalue weighted by Gasteiger charge is -2.15.